The number of nitrogens with zero attached hydrogens (tertiary/aromatic N) is 3. The number of azide groups is 1. The van der Waals surface area contributed by atoms with E-state index in [0.717, 1.165) is 6.92 Å². The summed E-state index contributed by atoms with van der Waals surface area (Å²) in [5, 5.41) is 6.49. The first-order valence-corrected chi connectivity index (χ1v) is 3.95. The highest BCUT2D eigenvalue weighted by molar-refractivity contribution is 7.91. The Balaban J connectivity index is 4.86. The minimum atomic E-state index is -4.20. The molecular weight excluding hydrogens is 174 g/mol. The summed E-state index contributed by atoms with van der Waals surface area (Å²) in [6, 6.07) is 0. The third kappa shape index (κ3) is 2.44. The van der Waals surface area contributed by atoms with Crippen molar-refractivity contribution in [1.29, 1.82) is 0 Å². The van der Waals surface area contributed by atoms with Crippen molar-refractivity contribution < 1.29 is 18.3 Å². The standard InChI is InChI=1S/C3H5N3O4S/c1-2(3(7)8)11(9,10)6-5-4/h2H,1H3,(H,7,8). The molecule has 0 bridgehead atoms. The maximum Gasteiger partial charge on any atom is 0.321 e. The number of aliphatic carboxylic acids is 1. The maximum absolute atomic E-state index is 10.6. The Morgan fingerprint density at radius 1 is 1.73 bits per heavy atom. The second-order valence-electron chi connectivity index (χ2n) is 1.67. The van der Waals surface area contributed by atoms with Gasteiger partial charge in [-0.25, -0.2) is 8.42 Å². The lowest BCUT2D eigenvalue weighted by molar-refractivity contribution is -0.136. The molecule has 0 fully saturated rings. The predicted molar refractivity (Wildman–Crippen MR) is 35.2 cm³/mol. The molecule has 8 heteroatoms. The molecule has 0 aromatic rings. The molecule has 0 aliphatic heterocycles. The van der Waals surface area contributed by atoms with Crippen LogP contribution in [0.5, 0.6) is 0 Å². The second kappa shape index (κ2) is 3.22. The number of carboxylic acids is 1. The van der Waals surface area contributed by atoms with Gasteiger partial charge in [-0.05, 0) is 12.5 Å². The molecule has 0 rings (SSSR count). The normalized spacial score (nSPS) is 13.2. The van der Waals surface area contributed by atoms with Crippen LogP contribution in [0, 0.1) is 0 Å². The summed E-state index contributed by atoms with van der Waals surface area (Å²) in [6.45, 7) is 0.923. The van der Waals surface area contributed by atoms with Crippen LogP contribution in [0.4, 0.5) is 0 Å². The van der Waals surface area contributed by atoms with Crippen LogP contribution in [0.1, 0.15) is 6.92 Å². The number of sulfonamides is 1. The summed E-state index contributed by atoms with van der Waals surface area (Å²) in [6.07, 6.45) is 0. The van der Waals surface area contributed by atoms with Crippen molar-refractivity contribution in [3.8, 4) is 0 Å². The molecule has 0 aromatic carbocycles. The summed E-state index contributed by atoms with van der Waals surface area (Å²) in [5.41, 5.74) is 7.72. The van der Waals surface area contributed by atoms with Gasteiger partial charge in [-0.3, -0.25) is 4.79 Å². The molecule has 0 amide bonds. The fourth-order valence-electron chi connectivity index (χ4n) is 0.249. The number of carboxylic acid groups (broad SMARTS) is 1. The minimum absolute atomic E-state index is 0.923. The van der Waals surface area contributed by atoms with E-state index in [0.29, 0.717) is 0 Å². The van der Waals surface area contributed by atoms with Crippen LogP contribution in [0.3, 0.4) is 0 Å². The van der Waals surface area contributed by atoms with Crippen LogP contribution in [-0.4, -0.2) is 24.7 Å². The predicted octanol–water partition coefficient (Wildman–Crippen LogP) is 0.0996. The fourth-order valence-corrected chi connectivity index (χ4v) is 0.747. The van der Waals surface area contributed by atoms with E-state index in [9.17, 15) is 13.2 Å². The van der Waals surface area contributed by atoms with Gasteiger partial charge in [0.15, 0.2) is 5.25 Å². The van der Waals surface area contributed by atoms with Crippen molar-refractivity contribution in [2.75, 3.05) is 0 Å². The van der Waals surface area contributed by atoms with Crippen molar-refractivity contribution in [1.82, 2.24) is 0 Å². The number of carbonyl (C=O) groups is 1. The van der Waals surface area contributed by atoms with Crippen molar-refractivity contribution in [3.63, 3.8) is 0 Å². The molecule has 0 saturated carbocycles. The van der Waals surface area contributed by atoms with Crippen LogP contribution in [-0.2, 0) is 14.8 Å². The number of rotatable bonds is 3. The lowest BCUT2D eigenvalue weighted by Gasteiger charge is -1.99. The Labute approximate surface area is 62.3 Å². The Hall–Kier alpha value is -1.27. The summed E-state index contributed by atoms with van der Waals surface area (Å²) >= 11 is 0. The maximum atomic E-state index is 10.6. The largest absolute Gasteiger partial charge is 0.480 e. The SMILES string of the molecule is CC(C(=O)O)S(=O)(=O)N=[N+]=[N-]. The molecule has 0 heterocycles. The molecule has 0 aliphatic rings. The Morgan fingerprint density at radius 2 is 2.18 bits per heavy atom. The molecule has 0 aliphatic carbocycles. The zero-order valence-corrected chi connectivity index (χ0v) is 6.32. The minimum Gasteiger partial charge on any atom is -0.480 e. The van der Waals surface area contributed by atoms with Crippen molar-refractivity contribution in [3.05, 3.63) is 10.4 Å². The average molecular weight is 179 g/mol. The molecule has 0 aromatic heterocycles. The van der Waals surface area contributed by atoms with Gasteiger partial charge < -0.3 is 5.11 Å². The van der Waals surface area contributed by atoms with E-state index in [1.807, 2.05) is 4.91 Å². The molecule has 7 nitrogen and oxygen atoms in total. The molecule has 0 radical (unpaired) electrons. The summed E-state index contributed by atoms with van der Waals surface area (Å²) < 4.78 is 23.5. The lowest BCUT2D eigenvalue weighted by Crippen LogP contribution is -2.24. The van der Waals surface area contributed by atoms with E-state index in [1.165, 1.54) is 0 Å². The molecule has 11 heavy (non-hydrogen) atoms. The van der Waals surface area contributed by atoms with Gasteiger partial charge in [0.1, 0.15) is 0 Å². The average Bonchev–Trinajstić information content (AvgIpc) is 1.86. The van der Waals surface area contributed by atoms with Crippen LogP contribution in [0.2, 0.25) is 0 Å². The smallest absolute Gasteiger partial charge is 0.321 e. The number of hydrogen-bond acceptors (Lipinski definition) is 3. The van der Waals surface area contributed by atoms with Crippen LogP contribution >= 0.6 is 0 Å². The molecule has 1 unspecified atom stereocenters. The van der Waals surface area contributed by atoms with Crippen LogP contribution < -0.4 is 0 Å². The second-order valence-corrected chi connectivity index (χ2v) is 3.57. The summed E-state index contributed by atoms with van der Waals surface area (Å²) in [4.78, 5) is 12.0. The molecule has 1 N–H and O–H groups in total. The van der Waals surface area contributed by atoms with Gasteiger partial charge in [0.2, 0.25) is 10.0 Å². The lowest BCUT2D eigenvalue weighted by atomic mass is 10.5. The van der Waals surface area contributed by atoms with Gasteiger partial charge in [-0.2, -0.15) is 0 Å². The summed E-state index contributed by atoms with van der Waals surface area (Å²) in [5.74, 6) is -1.54. The van der Waals surface area contributed by atoms with Gasteiger partial charge in [0, 0.05) is 9.43 Å². The van der Waals surface area contributed by atoms with Gasteiger partial charge in [0.05, 0.1) is 0 Å². The van der Waals surface area contributed by atoms with Crippen molar-refractivity contribution >= 4 is 16.0 Å². The molecular formula is C3H5N3O4S. The van der Waals surface area contributed by atoms with E-state index >= 15 is 0 Å². The van der Waals surface area contributed by atoms with Crippen molar-refractivity contribution in [2.24, 2.45) is 4.52 Å². The van der Waals surface area contributed by atoms with Gasteiger partial charge in [0.25, 0.3) is 0 Å². The van der Waals surface area contributed by atoms with E-state index in [2.05, 4.69) is 4.52 Å². The monoisotopic (exact) mass is 179 g/mol. The van der Waals surface area contributed by atoms with Gasteiger partial charge in [-0.1, -0.05) is 0 Å². The Bertz CT molecular complexity index is 301. The summed E-state index contributed by atoms with van der Waals surface area (Å²) in [7, 11) is -4.20. The van der Waals surface area contributed by atoms with E-state index < -0.39 is 21.2 Å². The third-order valence-corrected chi connectivity index (χ3v) is 2.34. The molecule has 0 saturated heterocycles. The first-order valence-electron chi connectivity index (χ1n) is 2.45. The Morgan fingerprint density at radius 3 is 2.45 bits per heavy atom. The highest BCUT2D eigenvalue weighted by Crippen LogP contribution is 2.02. The molecule has 0 spiro atoms. The van der Waals surface area contributed by atoms with E-state index in [4.69, 9.17) is 10.6 Å². The highest BCUT2D eigenvalue weighted by Gasteiger charge is 2.26. The number of hydrogen-bond donors (Lipinski definition) is 1. The molecule has 62 valence electrons. The van der Waals surface area contributed by atoms with Gasteiger partial charge in [-0.15, -0.1) is 0 Å². The fraction of sp³-hybridized carbons (Fsp3) is 0.667. The Kier molecular flexibility index (Phi) is 2.85. The van der Waals surface area contributed by atoms with Gasteiger partial charge >= 0.3 is 5.97 Å². The quantitative estimate of drug-likeness (QED) is 0.375. The van der Waals surface area contributed by atoms with Crippen LogP contribution in [0.25, 0.3) is 10.4 Å². The van der Waals surface area contributed by atoms with Crippen molar-refractivity contribution in [2.45, 2.75) is 12.2 Å². The van der Waals surface area contributed by atoms with E-state index in [1.54, 1.807) is 0 Å². The van der Waals surface area contributed by atoms with E-state index in [-0.39, 0.29) is 0 Å². The third-order valence-electron chi connectivity index (χ3n) is 0.945. The van der Waals surface area contributed by atoms with Crippen LogP contribution in [0.15, 0.2) is 4.52 Å². The zero-order chi connectivity index (χ0) is 9.07. The molecule has 1 atom stereocenters. The highest BCUT2D eigenvalue weighted by atomic mass is 32.2. The topological polar surface area (TPSA) is 120 Å². The first kappa shape index (κ1) is 9.73. The first-order chi connectivity index (χ1) is 4.91. The zero-order valence-electron chi connectivity index (χ0n) is 5.50.